The van der Waals surface area contributed by atoms with E-state index in [1.807, 2.05) is 60.7 Å². The van der Waals surface area contributed by atoms with Gasteiger partial charge in [-0.05, 0) is 23.2 Å². The molecule has 9 nitrogen and oxygen atoms in total. The van der Waals surface area contributed by atoms with Crippen LogP contribution in [-0.2, 0) is 22.6 Å². The smallest absolute Gasteiger partial charge is 0.328 e. The number of esters is 1. The van der Waals surface area contributed by atoms with E-state index in [0.717, 1.165) is 11.1 Å². The average molecular weight is 421 g/mol. The normalized spacial score (nSPS) is 11.4. The average Bonchev–Trinajstić information content (AvgIpc) is 2.78. The van der Waals surface area contributed by atoms with Crippen LogP contribution in [0.1, 0.15) is 18.1 Å². The summed E-state index contributed by atoms with van der Waals surface area (Å²) in [5.41, 5.74) is 7.41. The fraction of sp³-hybridized carbons (Fsp3) is 0.227. The first kappa shape index (κ1) is 21.7. The number of carbonyl (C=O) groups is 1. The molecule has 1 atom stereocenters. The van der Waals surface area contributed by atoms with Crippen LogP contribution in [0.2, 0.25) is 0 Å². The van der Waals surface area contributed by atoms with Gasteiger partial charge in [-0.1, -0.05) is 60.7 Å². The zero-order valence-electron chi connectivity index (χ0n) is 17.0. The van der Waals surface area contributed by atoms with Gasteiger partial charge in [0.2, 0.25) is 11.6 Å². The second-order valence-corrected chi connectivity index (χ2v) is 6.59. The van der Waals surface area contributed by atoms with Gasteiger partial charge in [0.15, 0.2) is 5.82 Å². The Labute approximate surface area is 179 Å². The fourth-order valence-electron chi connectivity index (χ4n) is 2.91. The Morgan fingerprint density at radius 1 is 1.06 bits per heavy atom. The van der Waals surface area contributed by atoms with Crippen LogP contribution in [0.5, 0.6) is 5.88 Å². The van der Waals surface area contributed by atoms with Gasteiger partial charge in [0.25, 0.3) is 5.88 Å². The van der Waals surface area contributed by atoms with E-state index < -0.39 is 12.0 Å². The van der Waals surface area contributed by atoms with E-state index in [-0.39, 0.29) is 36.5 Å². The van der Waals surface area contributed by atoms with Gasteiger partial charge in [-0.2, -0.15) is 9.97 Å². The molecule has 3 N–H and O–H groups in total. The lowest BCUT2D eigenvalue weighted by Crippen LogP contribution is -2.34. The van der Waals surface area contributed by atoms with Crippen molar-refractivity contribution in [2.24, 2.45) is 5.18 Å². The first-order valence-electron chi connectivity index (χ1n) is 9.75. The summed E-state index contributed by atoms with van der Waals surface area (Å²) in [6.07, 6.45) is 0.308. The first-order chi connectivity index (χ1) is 15.1. The molecule has 0 aliphatic heterocycles. The van der Waals surface area contributed by atoms with Crippen LogP contribution in [0.4, 0.5) is 17.5 Å². The van der Waals surface area contributed by atoms with Crippen molar-refractivity contribution in [2.45, 2.75) is 26.0 Å². The van der Waals surface area contributed by atoms with Crippen LogP contribution >= 0.6 is 0 Å². The van der Waals surface area contributed by atoms with Crippen molar-refractivity contribution in [2.75, 3.05) is 17.7 Å². The summed E-state index contributed by atoms with van der Waals surface area (Å²) in [6.45, 7) is 2.08. The molecule has 2 aromatic carbocycles. The quantitative estimate of drug-likeness (QED) is 0.375. The van der Waals surface area contributed by atoms with Crippen LogP contribution in [0.3, 0.4) is 0 Å². The van der Waals surface area contributed by atoms with E-state index in [1.54, 1.807) is 6.92 Å². The van der Waals surface area contributed by atoms with E-state index >= 15 is 0 Å². The highest BCUT2D eigenvalue weighted by Crippen LogP contribution is 2.34. The van der Waals surface area contributed by atoms with E-state index in [9.17, 15) is 9.70 Å². The number of hydrogen-bond donors (Lipinski definition) is 2. The maximum absolute atomic E-state index is 12.5. The summed E-state index contributed by atoms with van der Waals surface area (Å²) < 4.78 is 10.8. The highest BCUT2D eigenvalue weighted by molar-refractivity contribution is 5.81. The maximum Gasteiger partial charge on any atom is 0.328 e. The molecule has 3 rings (SSSR count). The summed E-state index contributed by atoms with van der Waals surface area (Å²) in [4.78, 5) is 32.2. The molecule has 0 fully saturated rings. The van der Waals surface area contributed by atoms with Crippen molar-refractivity contribution in [1.82, 2.24) is 9.97 Å². The number of aromatic nitrogens is 2. The number of nitrogen functional groups attached to an aromatic ring is 1. The number of carbonyl (C=O) groups excluding carboxylic acids is 1. The summed E-state index contributed by atoms with van der Waals surface area (Å²) in [6, 6.07) is 17.9. The fourth-order valence-corrected chi connectivity index (χ4v) is 2.91. The van der Waals surface area contributed by atoms with Crippen molar-refractivity contribution < 1.29 is 14.3 Å². The minimum absolute atomic E-state index is 0.000420. The molecule has 9 heteroatoms. The summed E-state index contributed by atoms with van der Waals surface area (Å²) >= 11 is 0. The molecule has 0 saturated carbocycles. The minimum atomic E-state index is -0.820. The molecule has 0 bridgehead atoms. The third-order valence-corrected chi connectivity index (χ3v) is 4.34. The molecule has 0 unspecified atom stereocenters. The Bertz CT molecular complexity index is 1020. The molecule has 3 aromatic rings. The molecule has 0 saturated heterocycles. The van der Waals surface area contributed by atoms with Gasteiger partial charge in [-0.15, -0.1) is 4.91 Å². The molecule has 160 valence electrons. The first-order valence-corrected chi connectivity index (χ1v) is 9.75. The number of nitrogens with one attached hydrogen (secondary N) is 1. The lowest BCUT2D eigenvalue weighted by atomic mass is 10.1. The lowest BCUT2D eigenvalue weighted by molar-refractivity contribution is -0.144. The number of anilines is 2. The summed E-state index contributed by atoms with van der Waals surface area (Å²) in [7, 11) is 0. The summed E-state index contributed by atoms with van der Waals surface area (Å²) in [5, 5.41) is 5.95. The Balaban J connectivity index is 1.86. The van der Waals surface area contributed by atoms with Crippen molar-refractivity contribution in [3.63, 3.8) is 0 Å². The largest absolute Gasteiger partial charge is 0.471 e. The second-order valence-electron chi connectivity index (χ2n) is 6.59. The van der Waals surface area contributed by atoms with E-state index in [2.05, 4.69) is 20.5 Å². The number of benzene rings is 2. The highest BCUT2D eigenvalue weighted by atomic mass is 16.5. The number of rotatable bonds is 10. The minimum Gasteiger partial charge on any atom is -0.471 e. The Hall–Kier alpha value is -4.01. The van der Waals surface area contributed by atoms with E-state index in [0.29, 0.717) is 6.42 Å². The van der Waals surface area contributed by atoms with Crippen LogP contribution in [0.15, 0.2) is 65.8 Å². The van der Waals surface area contributed by atoms with Crippen molar-refractivity contribution >= 4 is 23.4 Å². The second kappa shape index (κ2) is 10.7. The Morgan fingerprint density at radius 3 is 2.32 bits per heavy atom. The standard InChI is InChI=1S/C22H23N5O4/c1-2-30-21(28)17(13-15-9-5-3-6-10-15)24-19-18(27-29)20(26-22(23)25-19)31-14-16-11-7-4-8-12-16/h3-12,17H,2,13-14H2,1H3,(H3,23,24,25,26)/t17-/m0/s1. The molecule has 1 heterocycles. The van der Waals surface area contributed by atoms with Gasteiger partial charge in [0, 0.05) is 6.42 Å². The van der Waals surface area contributed by atoms with Crippen molar-refractivity contribution in [3.8, 4) is 5.88 Å². The van der Waals surface area contributed by atoms with Gasteiger partial charge < -0.3 is 20.5 Å². The molecular formula is C22H23N5O4. The van der Waals surface area contributed by atoms with E-state index in [1.165, 1.54) is 0 Å². The predicted octanol–water partition coefficient (Wildman–Crippen LogP) is 3.62. The van der Waals surface area contributed by atoms with Crippen LogP contribution in [0, 0.1) is 4.91 Å². The van der Waals surface area contributed by atoms with Crippen LogP contribution in [0.25, 0.3) is 0 Å². The predicted molar refractivity (Wildman–Crippen MR) is 117 cm³/mol. The molecule has 0 radical (unpaired) electrons. The lowest BCUT2D eigenvalue weighted by Gasteiger charge is -2.19. The molecule has 0 aliphatic rings. The number of ether oxygens (including phenoxy) is 2. The highest BCUT2D eigenvalue weighted by Gasteiger charge is 2.25. The third kappa shape index (κ3) is 5.99. The Kier molecular flexibility index (Phi) is 7.47. The maximum atomic E-state index is 12.5. The SMILES string of the molecule is CCOC(=O)[C@H](Cc1ccccc1)Nc1nc(N)nc(OCc2ccccc2)c1N=O. The number of nitroso groups, excluding NO2 is 1. The topological polar surface area (TPSA) is 129 Å². The van der Waals surface area contributed by atoms with Crippen molar-refractivity contribution in [3.05, 3.63) is 76.7 Å². The zero-order valence-corrected chi connectivity index (χ0v) is 17.0. The molecular weight excluding hydrogens is 398 g/mol. The molecule has 0 spiro atoms. The van der Waals surface area contributed by atoms with Crippen LogP contribution < -0.4 is 15.8 Å². The zero-order chi connectivity index (χ0) is 22.1. The number of nitrogens with two attached hydrogens (primary N) is 1. The van der Waals surface area contributed by atoms with Gasteiger partial charge in [-0.25, -0.2) is 4.79 Å². The van der Waals surface area contributed by atoms with Gasteiger partial charge in [0.05, 0.1) is 6.61 Å². The van der Waals surface area contributed by atoms with E-state index in [4.69, 9.17) is 15.2 Å². The number of hydrogen-bond acceptors (Lipinski definition) is 9. The van der Waals surface area contributed by atoms with Gasteiger partial charge >= 0.3 is 5.97 Å². The monoisotopic (exact) mass is 421 g/mol. The molecule has 0 amide bonds. The molecule has 0 aliphatic carbocycles. The van der Waals surface area contributed by atoms with Gasteiger partial charge in [0.1, 0.15) is 12.6 Å². The van der Waals surface area contributed by atoms with Crippen LogP contribution in [-0.4, -0.2) is 28.6 Å². The molecule has 1 aromatic heterocycles. The summed E-state index contributed by atoms with van der Waals surface area (Å²) in [5.74, 6) is -0.692. The number of nitrogens with zero attached hydrogens (tertiary/aromatic N) is 3. The third-order valence-electron chi connectivity index (χ3n) is 4.34. The van der Waals surface area contributed by atoms with Crippen molar-refractivity contribution in [1.29, 1.82) is 0 Å². The Morgan fingerprint density at radius 2 is 1.71 bits per heavy atom. The van der Waals surface area contributed by atoms with Gasteiger partial charge in [-0.3, -0.25) is 0 Å². The molecule has 31 heavy (non-hydrogen) atoms.